The van der Waals surface area contributed by atoms with E-state index < -0.39 is 0 Å². The third-order valence-corrected chi connectivity index (χ3v) is 3.04. The Morgan fingerprint density at radius 2 is 2.18 bits per heavy atom. The Bertz CT molecular complexity index is 218. The minimum Gasteiger partial charge on any atom is -0.468 e. The monoisotopic (exact) mass is 244 g/mol. The van der Waals surface area contributed by atoms with E-state index in [-0.39, 0.29) is 12.0 Å². The van der Waals surface area contributed by atoms with Gasteiger partial charge in [-0.2, -0.15) is 0 Å². The van der Waals surface area contributed by atoms with Crippen LogP contribution >= 0.6 is 0 Å². The third kappa shape index (κ3) is 5.48. The Kier molecular flexibility index (Phi) is 7.16. The summed E-state index contributed by atoms with van der Waals surface area (Å²) in [4.78, 5) is 13.7. The van der Waals surface area contributed by atoms with Crippen molar-refractivity contribution in [1.82, 2.24) is 10.2 Å². The number of carbonyl (C=O) groups excluding carboxylic acids is 1. The molecule has 0 aromatic carbocycles. The predicted molar refractivity (Wildman–Crippen MR) is 66.0 cm³/mol. The molecular formula is C12H24N2O3. The Morgan fingerprint density at radius 3 is 2.76 bits per heavy atom. The fourth-order valence-corrected chi connectivity index (χ4v) is 1.94. The minimum atomic E-state index is -0.168. The van der Waals surface area contributed by atoms with Crippen LogP contribution in [-0.4, -0.2) is 63.4 Å². The Morgan fingerprint density at radius 1 is 1.47 bits per heavy atom. The molecule has 1 aliphatic heterocycles. The predicted octanol–water partition coefficient (Wildman–Crippen LogP) is 0.250. The van der Waals surface area contributed by atoms with Crippen molar-refractivity contribution in [3.05, 3.63) is 0 Å². The van der Waals surface area contributed by atoms with Crippen LogP contribution in [0.25, 0.3) is 0 Å². The number of esters is 1. The van der Waals surface area contributed by atoms with Gasteiger partial charge in [-0.15, -0.1) is 0 Å². The van der Waals surface area contributed by atoms with Gasteiger partial charge < -0.3 is 14.8 Å². The number of methoxy groups -OCH3 is 1. The summed E-state index contributed by atoms with van der Waals surface area (Å²) in [5.41, 5.74) is 0. The van der Waals surface area contributed by atoms with E-state index in [1.165, 1.54) is 7.11 Å². The van der Waals surface area contributed by atoms with Gasteiger partial charge in [-0.25, -0.2) is 0 Å². The molecule has 1 aliphatic rings. The van der Waals surface area contributed by atoms with Gasteiger partial charge in [0.05, 0.1) is 20.3 Å². The maximum Gasteiger partial charge on any atom is 0.322 e. The highest BCUT2D eigenvalue weighted by Crippen LogP contribution is 1.98. The number of hydrogen-bond donors (Lipinski definition) is 1. The van der Waals surface area contributed by atoms with Crippen molar-refractivity contribution in [2.45, 2.75) is 25.8 Å². The smallest absolute Gasteiger partial charge is 0.322 e. The molecule has 100 valence electrons. The maximum atomic E-state index is 11.3. The van der Waals surface area contributed by atoms with Gasteiger partial charge in [0.2, 0.25) is 0 Å². The van der Waals surface area contributed by atoms with E-state index in [0.29, 0.717) is 0 Å². The molecule has 0 aromatic heterocycles. The van der Waals surface area contributed by atoms with Gasteiger partial charge in [0, 0.05) is 13.1 Å². The van der Waals surface area contributed by atoms with Crippen LogP contribution in [-0.2, 0) is 14.3 Å². The van der Waals surface area contributed by atoms with Crippen LogP contribution in [0.15, 0.2) is 0 Å². The average molecular weight is 244 g/mol. The SMILES string of the molecule is CCC(NCCCN1CCOCC1)C(=O)OC. The van der Waals surface area contributed by atoms with Crippen LogP contribution in [0.5, 0.6) is 0 Å². The first kappa shape index (κ1) is 14.4. The summed E-state index contributed by atoms with van der Waals surface area (Å²) < 4.78 is 10.0. The second-order valence-corrected chi connectivity index (χ2v) is 4.25. The van der Waals surface area contributed by atoms with E-state index in [1.807, 2.05) is 6.92 Å². The first-order chi connectivity index (χ1) is 8.27. The van der Waals surface area contributed by atoms with E-state index in [4.69, 9.17) is 9.47 Å². The Balaban J connectivity index is 2.07. The molecule has 1 rings (SSSR count). The lowest BCUT2D eigenvalue weighted by Gasteiger charge is -2.26. The van der Waals surface area contributed by atoms with Crippen molar-refractivity contribution in [3.8, 4) is 0 Å². The Hall–Kier alpha value is -0.650. The summed E-state index contributed by atoms with van der Waals surface area (Å²) in [5, 5.41) is 3.23. The van der Waals surface area contributed by atoms with Gasteiger partial charge in [0.15, 0.2) is 0 Å². The standard InChI is InChI=1S/C12H24N2O3/c1-3-11(12(15)16-2)13-5-4-6-14-7-9-17-10-8-14/h11,13H,3-10H2,1-2H3. The van der Waals surface area contributed by atoms with Gasteiger partial charge >= 0.3 is 5.97 Å². The zero-order valence-corrected chi connectivity index (χ0v) is 10.9. The lowest BCUT2D eigenvalue weighted by molar-refractivity contribution is -0.143. The summed E-state index contributed by atoms with van der Waals surface area (Å²) in [7, 11) is 1.43. The van der Waals surface area contributed by atoms with Crippen molar-refractivity contribution in [1.29, 1.82) is 0 Å². The van der Waals surface area contributed by atoms with Crippen LogP contribution in [0.2, 0.25) is 0 Å². The number of nitrogens with one attached hydrogen (secondary N) is 1. The van der Waals surface area contributed by atoms with Gasteiger partial charge in [0.25, 0.3) is 0 Å². The second kappa shape index (κ2) is 8.44. The van der Waals surface area contributed by atoms with Crippen molar-refractivity contribution in [2.75, 3.05) is 46.5 Å². The number of ether oxygens (including phenoxy) is 2. The summed E-state index contributed by atoms with van der Waals surface area (Å²) >= 11 is 0. The largest absolute Gasteiger partial charge is 0.468 e. The van der Waals surface area contributed by atoms with Crippen molar-refractivity contribution in [3.63, 3.8) is 0 Å². The second-order valence-electron chi connectivity index (χ2n) is 4.25. The molecule has 17 heavy (non-hydrogen) atoms. The van der Waals surface area contributed by atoms with Crippen LogP contribution in [0.3, 0.4) is 0 Å². The molecule has 0 saturated carbocycles. The highest BCUT2D eigenvalue weighted by Gasteiger charge is 2.15. The summed E-state index contributed by atoms with van der Waals surface area (Å²) in [5.74, 6) is -0.168. The first-order valence-electron chi connectivity index (χ1n) is 6.39. The third-order valence-electron chi connectivity index (χ3n) is 3.04. The van der Waals surface area contributed by atoms with Gasteiger partial charge in [0.1, 0.15) is 6.04 Å². The average Bonchev–Trinajstić information content (AvgIpc) is 2.39. The minimum absolute atomic E-state index is 0.162. The van der Waals surface area contributed by atoms with E-state index in [0.717, 1.165) is 52.2 Å². The number of hydrogen-bond acceptors (Lipinski definition) is 5. The molecule has 0 spiro atoms. The van der Waals surface area contributed by atoms with E-state index in [2.05, 4.69) is 10.2 Å². The topological polar surface area (TPSA) is 50.8 Å². The van der Waals surface area contributed by atoms with E-state index >= 15 is 0 Å². The van der Waals surface area contributed by atoms with Crippen LogP contribution in [0.4, 0.5) is 0 Å². The highest BCUT2D eigenvalue weighted by atomic mass is 16.5. The van der Waals surface area contributed by atoms with Gasteiger partial charge in [-0.3, -0.25) is 9.69 Å². The number of carbonyl (C=O) groups is 1. The fraction of sp³-hybridized carbons (Fsp3) is 0.917. The molecule has 0 aliphatic carbocycles. The van der Waals surface area contributed by atoms with Crippen molar-refractivity contribution < 1.29 is 14.3 Å². The molecule has 0 aromatic rings. The van der Waals surface area contributed by atoms with E-state index in [9.17, 15) is 4.79 Å². The Labute approximate surface area is 103 Å². The molecule has 5 heteroatoms. The number of nitrogens with zero attached hydrogens (tertiary/aromatic N) is 1. The molecule has 1 saturated heterocycles. The molecule has 0 bridgehead atoms. The summed E-state index contributed by atoms with van der Waals surface area (Å²) in [6, 6.07) is -0.162. The van der Waals surface area contributed by atoms with Gasteiger partial charge in [-0.05, 0) is 25.9 Å². The fourth-order valence-electron chi connectivity index (χ4n) is 1.94. The molecule has 5 nitrogen and oxygen atoms in total. The molecule has 1 atom stereocenters. The molecular weight excluding hydrogens is 220 g/mol. The molecule has 1 heterocycles. The van der Waals surface area contributed by atoms with Crippen molar-refractivity contribution in [2.24, 2.45) is 0 Å². The summed E-state index contributed by atoms with van der Waals surface area (Å²) in [6.45, 7) is 7.62. The van der Waals surface area contributed by atoms with Crippen molar-refractivity contribution >= 4 is 5.97 Å². The molecule has 1 N–H and O–H groups in total. The number of morpholine rings is 1. The normalized spacial score (nSPS) is 18.9. The lowest BCUT2D eigenvalue weighted by Crippen LogP contribution is -2.40. The highest BCUT2D eigenvalue weighted by molar-refractivity contribution is 5.75. The first-order valence-corrected chi connectivity index (χ1v) is 6.39. The zero-order chi connectivity index (χ0) is 12.5. The van der Waals surface area contributed by atoms with E-state index in [1.54, 1.807) is 0 Å². The van der Waals surface area contributed by atoms with Crippen LogP contribution in [0, 0.1) is 0 Å². The lowest BCUT2D eigenvalue weighted by atomic mass is 10.2. The quantitative estimate of drug-likeness (QED) is 0.514. The summed E-state index contributed by atoms with van der Waals surface area (Å²) in [6.07, 6.45) is 1.82. The zero-order valence-electron chi connectivity index (χ0n) is 10.9. The molecule has 1 unspecified atom stereocenters. The van der Waals surface area contributed by atoms with Crippen LogP contribution < -0.4 is 5.32 Å². The van der Waals surface area contributed by atoms with Crippen LogP contribution in [0.1, 0.15) is 19.8 Å². The molecule has 0 radical (unpaired) electrons. The number of rotatable bonds is 7. The molecule has 1 fully saturated rings. The maximum absolute atomic E-state index is 11.3. The molecule has 0 amide bonds. The van der Waals surface area contributed by atoms with Gasteiger partial charge in [-0.1, -0.05) is 6.92 Å².